The van der Waals surface area contributed by atoms with Gasteiger partial charge in [0.2, 0.25) is 0 Å². The number of rotatable bonds is 1. The standard InChI is InChI=1S/C13H10I2.CHF3O3S/c1-9-5-7-10(8-6-9)13-11(14)3-2-4-12(13)15;2-1(3,4)8(5,6)7/h2-8H,1H3;(H,5,6,7). The molecule has 0 aliphatic carbocycles. The Morgan fingerprint density at radius 3 is 1.70 bits per heavy atom. The van der Waals surface area contributed by atoms with E-state index in [1.165, 1.54) is 23.8 Å². The van der Waals surface area contributed by atoms with Crippen molar-refractivity contribution in [2.75, 3.05) is 0 Å². The molecule has 0 saturated carbocycles. The minimum atomic E-state index is -5.84. The molecule has 126 valence electrons. The monoisotopic (exact) mass is 570 g/mol. The van der Waals surface area contributed by atoms with E-state index in [1.807, 2.05) is 0 Å². The SMILES string of the molecule is Cc1ccc(-c2c(I)cccc2I)cc1.O=S(=O)(O)C(F)(F)F. The maximum atomic E-state index is 10.7. The highest BCUT2D eigenvalue weighted by molar-refractivity contribution is 14.1. The number of benzene rings is 2. The number of hydrogen-bond donors (Lipinski definition) is 1. The third-order valence-electron chi connectivity index (χ3n) is 2.60. The first kappa shape index (κ1) is 20.6. The first-order valence-electron chi connectivity index (χ1n) is 5.98. The molecule has 0 fully saturated rings. The molecule has 23 heavy (non-hydrogen) atoms. The fraction of sp³-hybridized carbons (Fsp3) is 0.143. The van der Waals surface area contributed by atoms with Gasteiger partial charge in [-0.15, -0.1) is 0 Å². The average molecular weight is 570 g/mol. The number of alkyl halides is 3. The Bertz CT molecular complexity index is 753. The minimum Gasteiger partial charge on any atom is -0.279 e. The summed E-state index contributed by atoms with van der Waals surface area (Å²) in [5.41, 5.74) is -1.58. The first-order chi connectivity index (χ1) is 10.4. The van der Waals surface area contributed by atoms with Crippen LogP contribution in [0.4, 0.5) is 13.2 Å². The maximum absolute atomic E-state index is 10.7. The Hall–Kier alpha value is -0.400. The van der Waals surface area contributed by atoms with Gasteiger partial charge in [-0.25, -0.2) is 0 Å². The average Bonchev–Trinajstić information content (AvgIpc) is 2.39. The lowest BCUT2D eigenvalue weighted by atomic mass is 10.0. The Kier molecular flexibility index (Phi) is 7.29. The fourth-order valence-corrected chi connectivity index (χ4v) is 3.63. The molecule has 2 aromatic rings. The van der Waals surface area contributed by atoms with Gasteiger partial charge in [0, 0.05) is 12.7 Å². The molecule has 0 aliphatic rings. The molecule has 0 saturated heterocycles. The lowest BCUT2D eigenvalue weighted by Gasteiger charge is -2.07. The van der Waals surface area contributed by atoms with Crippen molar-refractivity contribution in [3.63, 3.8) is 0 Å². The molecule has 2 rings (SSSR count). The molecular weight excluding hydrogens is 559 g/mol. The van der Waals surface area contributed by atoms with E-state index in [0.717, 1.165) is 0 Å². The summed E-state index contributed by atoms with van der Waals surface area (Å²) in [5.74, 6) is 0. The van der Waals surface area contributed by atoms with Crippen LogP contribution >= 0.6 is 45.2 Å². The van der Waals surface area contributed by atoms with Gasteiger partial charge < -0.3 is 0 Å². The topological polar surface area (TPSA) is 54.4 Å². The summed E-state index contributed by atoms with van der Waals surface area (Å²) < 4.78 is 60.2. The Labute approximate surface area is 159 Å². The number of hydrogen-bond acceptors (Lipinski definition) is 2. The normalized spacial score (nSPS) is 11.6. The zero-order valence-corrected chi connectivity index (χ0v) is 16.7. The quantitative estimate of drug-likeness (QED) is 0.289. The van der Waals surface area contributed by atoms with Gasteiger partial charge in [0.1, 0.15) is 0 Å². The molecule has 0 amide bonds. The molecule has 0 heterocycles. The maximum Gasteiger partial charge on any atom is 0.522 e. The van der Waals surface area contributed by atoms with Crippen LogP contribution in [0.15, 0.2) is 42.5 Å². The van der Waals surface area contributed by atoms with E-state index in [9.17, 15) is 13.2 Å². The molecule has 1 N–H and O–H groups in total. The predicted octanol–water partition coefficient (Wildman–Crippen LogP) is 5.27. The van der Waals surface area contributed by atoms with Crippen LogP contribution in [0.3, 0.4) is 0 Å². The molecule has 0 aromatic heterocycles. The van der Waals surface area contributed by atoms with Gasteiger partial charge in [0.25, 0.3) is 0 Å². The second-order valence-electron chi connectivity index (χ2n) is 4.38. The molecular formula is C14H11F3I2O3S. The molecule has 0 radical (unpaired) electrons. The van der Waals surface area contributed by atoms with Gasteiger partial charge in [-0.3, -0.25) is 4.55 Å². The van der Waals surface area contributed by atoms with E-state index in [2.05, 4.69) is 94.6 Å². The van der Waals surface area contributed by atoms with Crippen LogP contribution in [0.2, 0.25) is 0 Å². The van der Waals surface area contributed by atoms with E-state index in [1.54, 1.807) is 0 Å². The summed E-state index contributed by atoms with van der Waals surface area (Å²) in [7, 11) is -5.84. The van der Waals surface area contributed by atoms with Crippen molar-refractivity contribution in [1.82, 2.24) is 0 Å². The van der Waals surface area contributed by atoms with E-state index >= 15 is 0 Å². The highest BCUT2D eigenvalue weighted by Crippen LogP contribution is 2.30. The van der Waals surface area contributed by atoms with E-state index in [4.69, 9.17) is 13.0 Å². The van der Waals surface area contributed by atoms with Crippen LogP contribution in [0.5, 0.6) is 0 Å². The van der Waals surface area contributed by atoms with Crippen LogP contribution in [0, 0.1) is 14.1 Å². The summed E-state index contributed by atoms with van der Waals surface area (Å²) in [6.07, 6.45) is 0. The van der Waals surface area contributed by atoms with Crippen LogP contribution in [-0.4, -0.2) is 18.5 Å². The van der Waals surface area contributed by atoms with E-state index in [0.29, 0.717) is 0 Å². The lowest BCUT2D eigenvalue weighted by Crippen LogP contribution is -2.21. The molecule has 9 heteroatoms. The van der Waals surface area contributed by atoms with Crippen molar-refractivity contribution >= 4 is 55.3 Å². The summed E-state index contributed by atoms with van der Waals surface area (Å²) in [5, 5.41) is 0. The van der Waals surface area contributed by atoms with Gasteiger partial charge in [-0.2, -0.15) is 21.6 Å². The first-order valence-corrected chi connectivity index (χ1v) is 9.58. The third-order valence-corrected chi connectivity index (χ3v) is 4.98. The number of aryl methyl sites for hydroxylation is 1. The van der Waals surface area contributed by atoms with Crippen LogP contribution in [0.25, 0.3) is 11.1 Å². The van der Waals surface area contributed by atoms with Crippen molar-refractivity contribution in [3.05, 3.63) is 55.2 Å². The molecule has 0 aliphatic heterocycles. The smallest absolute Gasteiger partial charge is 0.279 e. The fourth-order valence-electron chi connectivity index (χ4n) is 1.49. The third kappa shape index (κ3) is 6.19. The van der Waals surface area contributed by atoms with Crippen LogP contribution < -0.4 is 0 Å². The van der Waals surface area contributed by atoms with Crippen LogP contribution in [0.1, 0.15) is 5.56 Å². The van der Waals surface area contributed by atoms with Crippen molar-refractivity contribution in [2.24, 2.45) is 0 Å². The summed E-state index contributed by atoms with van der Waals surface area (Å²) >= 11 is 4.79. The molecule has 2 aromatic carbocycles. The molecule has 0 unspecified atom stereocenters. The van der Waals surface area contributed by atoms with Crippen molar-refractivity contribution in [3.8, 4) is 11.1 Å². The van der Waals surface area contributed by atoms with Gasteiger partial charge >= 0.3 is 15.6 Å². The van der Waals surface area contributed by atoms with Crippen molar-refractivity contribution in [1.29, 1.82) is 0 Å². The Morgan fingerprint density at radius 2 is 1.35 bits per heavy atom. The van der Waals surface area contributed by atoms with E-state index < -0.39 is 15.6 Å². The van der Waals surface area contributed by atoms with Gasteiger partial charge in [0.05, 0.1) is 0 Å². The predicted molar refractivity (Wildman–Crippen MR) is 99.7 cm³/mol. The summed E-state index contributed by atoms with van der Waals surface area (Å²) in [6.45, 7) is 2.12. The zero-order valence-electron chi connectivity index (χ0n) is 11.6. The Morgan fingerprint density at radius 1 is 0.957 bits per heavy atom. The lowest BCUT2D eigenvalue weighted by molar-refractivity contribution is -0.0510. The highest BCUT2D eigenvalue weighted by Gasteiger charge is 2.44. The summed E-state index contributed by atoms with van der Waals surface area (Å²) in [4.78, 5) is 0. The van der Waals surface area contributed by atoms with Crippen molar-refractivity contribution < 1.29 is 26.1 Å². The second-order valence-corrected chi connectivity index (χ2v) is 8.12. The Balaban J connectivity index is 0.000000284. The van der Waals surface area contributed by atoms with Gasteiger partial charge in [0.15, 0.2) is 0 Å². The highest BCUT2D eigenvalue weighted by atomic mass is 127. The summed E-state index contributed by atoms with van der Waals surface area (Å²) in [6, 6.07) is 15.1. The molecule has 0 atom stereocenters. The minimum absolute atomic E-state index is 1.30. The zero-order chi connectivity index (χ0) is 17.8. The van der Waals surface area contributed by atoms with Gasteiger partial charge in [-0.1, -0.05) is 35.9 Å². The largest absolute Gasteiger partial charge is 0.522 e. The molecule has 3 nitrogen and oxygen atoms in total. The van der Waals surface area contributed by atoms with Crippen molar-refractivity contribution in [2.45, 2.75) is 12.4 Å². The van der Waals surface area contributed by atoms with Gasteiger partial charge in [-0.05, 0) is 69.8 Å². The number of halogens is 5. The molecule has 0 spiro atoms. The second kappa shape index (κ2) is 8.12. The van der Waals surface area contributed by atoms with E-state index in [-0.39, 0.29) is 0 Å². The van der Waals surface area contributed by atoms with Crippen LogP contribution in [-0.2, 0) is 10.1 Å². The molecule has 0 bridgehead atoms.